The van der Waals surface area contributed by atoms with Gasteiger partial charge in [0.05, 0.1) is 7.11 Å². The van der Waals surface area contributed by atoms with Crippen molar-refractivity contribution in [2.75, 3.05) is 7.11 Å². The fourth-order valence-electron chi connectivity index (χ4n) is 1.37. The zero-order valence-corrected chi connectivity index (χ0v) is 14.1. The first-order chi connectivity index (χ1) is 8.31. The SMILES string of the molecule is CC.COc1[c-]c(-c2ccccc2)c(C)nn1.[Y]. The first-order valence-electron chi connectivity index (χ1n) is 5.67. The van der Waals surface area contributed by atoms with Gasteiger partial charge in [0.25, 0.3) is 0 Å². The largest absolute Gasteiger partial charge is 0.489 e. The molecule has 2 aromatic rings. The Morgan fingerprint density at radius 3 is 2.22 bits per heavy atom. The monoisotopic (exact) mass is 318 g/mol. The molecule has 0 aliphatic carbocycles. The number of hydrogen-bond acceptors (Lipinski definition) is 3. The molecular formula is C14H17N2OY-. The van der Waals surface area contributed by atoms with Crippen LogP contribution in [0.2, 0.25) is 0 Å². The van der Waals surface area contributed by atoms with Gasteiger partial charge in [0.2, 0.25) is 0 Å². The molecule has 18 heavy (non-hydrogen) atoms. The third-order valence-electron chi connectivity index (χ3n) is 2.14. The minimum absolute atomic E-state index is 0. The predicted molar refractivity (Wildman–Crippen MR) is 68.9 cm³/mol. The molecule has 1 radical (unpaired) electrons. The Bertz CT molecular complexity index is 461. The van der Waals surface area contributed by atoms with Crippen LogP contribution in [-0.2, 0) is 32.7 Å². The zero-order valence-electron chi connectivity index (χ0n) is 11.3. The third kappa shape index (κ3) is 4.47. The van der Waals surface area contributed by atoms with Crippen LogP contribution in [0.3, 0.4) is 0 Å². The van der Waals surface area contributed by atoms with Gasteiger partial charge in [0.15, 0.2) is 5.88 Å². The second-order valence-electron chi connectivity index (χ2n) is 3.16. The second kappa shape index (κ2) is 9.18. The molecule has 0 N–H and O–H groups in total. The maximum Gasteiger partial charge on any atom is 0.170 e. The zero-order chi connectivity index (χ0) is 12.7. The van der Waals surface area contributed by atoms with Gasteiger partial charge in [0.1, 0.15) is 0 Å². The quantitative estimate of drug-likeness (QED) is 0.797. The number of hydrogen-bond donors (Lipinski definition) is 0. The van der Waals surface area contributed by atoms with Gasteiger partial charge in [-0.2, -0.15) is 5.56 Å². The average Bonchev–Trinajstić information content (AvgIpc) is 2.42. The first kappa shape index (κ1) is 17.2. The molecular weight excluding hydrogens is 301 g/mol. The Labute approximate surface area is 134 Å². The normalized spacial score (nSPS) is 8.67. The van der Waals surface area contributed by atoms with Crippen molar-refractivity contribution in [3.8, 4) is 17.0 Å². The van der Waals surface area contributed by atoms with Crippen molar-refractivity contribution in [1.29, 1.82) is 0 Å². The molecule has 0 saturated carbocycles. The molecule has 0 aliphatic heterocycles. The van der Waals surface area contributed by atoms with Gasteiger partial charge in [-0.3, -0.25) is 0 Å². The fourth-order valence-corrected chi connectivity index (χ4v) is 1.37. The maximum atomic E-state index is 5.00. The number of methoxy groups -OCH3 is 1. The number of nitrogens with zero attached hydrogens (tertiary/aromatic N) is 2. The summed E-state index contributed by atoms with van der Waals surface area (Å²) in [5, 5.41) is 7.88. The average molecular weight is 318 g/mol. The van der Waals surface area contributed by atoms with E-state index in [2.05, 4.69) is 16.3 Å². The summed E-state index contributed by atoms with van der Waals surface area (Å²) in [6.07, 6.45) is 0. The Hall–Kier alpha value is -0.796. The molecule has 0 fully saturated rings. The molecule has 3 nitrogen and oxygen atoms in total. The Kier molecular flexibility index (Phi) is 8.77. The summed E-state index contributed by atoms with van der Waals surface area (Å²) in [4.78, 5) is 0. The van der Waals surface area contributed by atoms with Crippen LogP contribution in [0, 0.1) is 13.0 Å². The van der Waals surface area contributed by atoms with Crippen LogP contribution in [0.15, 0.2) is 30.3 Å². The van der Waals surface area contributed by atoms with Crippen molar-refractivity contribution < 1.29 is 37.4 Å². The van der Waals surface area contributed by atoms with Crippen molar-refractivity contribution >= 4 is 0 Å². The Morgan fingerprint density at radius 2 is 1.67 bits per heavy atom. The Morgan fingerprint density at radius 1 is 1.06 bits per heavy atom. The summed E-state index contributed by atoms with van der Waals surface area (Å²) in [5.74, 6) is 0.416. The molecule has 0 saturated heterocycles. The molecule has 0 amide bonds. The van der Waals surface area contributed by atoms with Crippen LogP contribution in [-0.4, -0.2) is 17.3 Å². The summed E-state index contributed by atoms with van der Waals surface area (Å²) >= 11 is 0. The first-order valence-corrected chi connectivity index (χ1v) is 5.67. The summed E-state index contributed by atoms with van der Waals surface area (Å²) in [6, 6.07) is 13.1. The van der Waals surface area contributed by atoms with Crippen molar-refractivity contribution in [2.24, 2.45) is 0 Å². The van der Waals surface area contributed by atoms with Crippen LogP contribution in [0.5, 0.6) is 5.88 Å². The maximum absolute atomic E-state index is 5.00. The van der Waals surface area contributed by atoms with Gasteiger partial charge in [-0.05, 0) is 5.69 Å². The van der Waals surface area contributed by atoms with E-state index in [4.69, 9.17) is 4.74 Å². The van der Waals surface area contributed by atoms with Crippen LogP contribution < -0.4 is 4.74 Å². The van der Waals surface area contributed by atoms with Crippen molar-refractivity contribution in [3.63, 3.8) is 0 Å². The summed E-state index contributed by atoms with van der Waals surface area (Å²) in [6.45, 7) is 5.91. The predicted octanol–water partition coefficient (Wildman–Crippen LogP) is 3.28. The van der Waals surface area contributed by atoms with Crippen molar-refractivity contribution in [1.82, 2.24) is 10.2 Å². The summed E-state index contributed by atoms with van der Waals surface area (Å²) in [5.41, 5.74) is 2.85. The molecule has 0 bridgehead atoms. The van der Waals surface area contributed by atoms with E-state index < -0.39 is 0 Å². The standard InChI is InChI=1S/C12H11N2O.C2H6.Y/c1-9-11(8-12(15-2)14-13-9)10-6-4-3-5-7-10;1-2;/h3-7H,1-2H3;1-2H3;/q-1;;. The van der Waals surface area contributed by atoms with E-state index in [1.54, 1.807) is 7.11 Å². The number of ether oxygens (including phenoxy) is 1. The van der Waals surface area contributed by atoms with Crippen LogP contribution >= 0.6 is 0 Å². The van der Waals surface area contributed by atoms with Crippen molar-refractivity contribution in [2.45, 2.75) is 20.8 Å². The molecule has 0 atom stereocenters. The molecule has 0 aliphatic rings. The molecule has 4 heteroatoms. The molecule has 1 heterocycles. The number of aryl methyl sites for hydroxylation is 1. The van der Waals surface area contributed by atoms with Gasteiger partial charge in [-0.1, -0.05) is 39.0 Å². The topological polar surface area (TPSA) is 35.0 Å². The van der Waals surface area contributed by atoms with Crippen LogP contribution in [0.4, 0.5) is 0 Å². The van der Waals surface area contributed by atoms with E-state index in [1.807, 2.05) is 51.1 Å². The van der Waals surface area contributed by atoms with E-state index in [9.17, 15) is 0 Å². The van der Waals surface area contributed by atoms with Gasteiger partial charge in [-0.15, -0.1) is 28.9 Å². The molecule has 93 valence electrons. The fraction of sp³-hybridized carbons (Fsp3) is 0.286. The van der Waals surface area contributed by atoms with E-state index in [-0.39, 0.29) is 32.7 Å². The van der Waals surface area contributed by atoms with E-state index in [0.29, 0.717) is 5.88 Å². The second-order valence-corrected chi connectivity index (χ2v) is 3.16. The molecule has 0 unspecified atom stereocenters. The number of benzene rings is 1. The molecule has 2 rings (SSSR count). The van der Waals surface area contributed by atoms with Gasteiger partial charge < -0.3 is 4.74 Å². The van der Waals surface area contributed by atoms with Gasteiger partial charge in [-0.25, -0.2) is 5.10 Å². The minimum Gasteiger partial charge on any atom is -0.489 e. The van der Waals surface area contributed by atoms with E-state index >= 15 is 0 Å². The molecule has 1 aromatic heterocycles. The van der Waals surface area contributed by atoms with Crippen molar-refractivity contribution in [3.05, 3.63) is 42.1 Å². The van der Waals surface area contributed by atoms with E-state index in [0.717, 1.165) is 16.8 Å². The molecule has 1 aromatic carbocycles. The molecule has 0 spiro atoms. The van der Waals surface area contributed by atoms with Gasteiger partial charge in [0, 0.05) is 32.7 Å². The third-order valence-corrected chi connectivity index (χ3v) is 2.14. The van der Waals surface area contributed by atoms with Gasteiger partial charge >= 0.3 is 0 Å². The van der Waals surface area contributed by atoms with E-state index in [1.165, 1.54) is 0 Å². The summed E-state index contributed by atoms with van der Waals surface area (Å²) in [7, 11) is 1.56. The smallest absolute Gasteiger partial charge is 0.170 e. The number of rotatable bonds is 2. The number of aromatic nitrogens is 2. The Balaban J connectivity index is 0.000000917. The minimum atomic E-state index is 0. The van der Waals surface area contributed by atoms with Crippen LogP contribution in [0.25, 0.3) is 11.1 Å². The summed E-state index contributed by atoms with van der Waals surface area (Å²) < 4.78 is 5.00. The van der Waals surface area contributed by atoms with Crippen LogP contribution in [0.1, 0.15) is 19.5 Å².